The molecule has 1 rings (SSSR count). The number of hydrogen-bond donors (Lipinski definition) is 1. The molecule has 0 aliphatic heterocycles. The van der Waals surface area contributed by atoms with Gasteiger partial charge < -0.3 is 5.11 Å². The van der Waals surface area contributed by atoms with E-state index < -0.39 is 5.97 Å². The number of halogens is 1. The molecule has 3 nitrogen and oxygen atoms in total. The number of nitrogens with zero attached hydrogens (tertiary/aromatic N) is 1. The molecule has 0 aliphatic carbocycles. The zero-order chi connectivity index (χ0) is 10.6. The summed E-state index contributed by atoms with van der Waals surface area (Å²) in [5.74, 6) is -0.879. The number of rotatable bonds is 3. The summed E-state index contributed by atoms with van der Waals surface area (Å²) in [7, 11) is 0. The summed E-state index contributed by atoms with van der Waals surface area (Å²) in [6, 6.07) is 3.59. The minimum Gasteiger partial charge on any atom is -0.478 e. The van der Waals surface area contributed by atoms with Crippen LogP contribution in [0.25, 0.3) is 6.08 Å². The highest BCUT2D eigenvalue weighted by molar-refractivity contribution is 9.10. The van der Waals surface area contributed by atoms with Crippen LogP contribution in [0.4, 0.5) is 0 Å². The fourth-order valence-corrected chi connectivity index (χ4v) is 1.22. The zero-order valence-electron chi connectivity index (χ0n) is 7.70. The third-order valence-corrected chi connectivity index (χ3v) is 2.22. The molecule has 4 heteroatoms. The van der Waals surface area contributed by atoms with E-state index in [2.05, 4.69) is 20.9 Å². The third-order valence-electron chi connectivity index (χ3n) is 1.75. The standard InChI is InChI=1S/C10H10BrNO2/c1-2-8(10(13)14)5-7-3-4-9(11)12-6-7/h3-6H,2H2,1H3,(H,13,14). The maximum Gasteiger partial charge on any atom is 0.331 e. The van der Waals surface area contributed by atoms with Crippen molar-refractivity contribution >= 4 is 28.0 Å². The van der Waals surface area contributed by atoms with Crippen LogP contribution < -0.4 is 0 Å². The molecular weight excluding hydrogens is 246 g/mol. The van der Waals surface area contributed by atoms with Gasteiger partial charge >= 0.3 is 5.97 Å². The van der Waals surface area contributed by atoms with E-state index in [9.17, 15) is 4.79 Å². The summed E-state index contributed by atoms with van der Waals surface area (Å²) in [6.45, 7) is 1.81. The number of carboxylic acid groups (broad SMARTS) is 1. The second-order valence-electron chi connectivity index (χ2n) is 2.74. The lowest BCUT2D eigenvalue weighted by atomic mass is 10.1. The van der Waals surface area contributed by atoms with E-state index in [1.54, 1.807) is 18.3 Å². The Kier molecular flexibility index (Phi) is 3.83. The van der Waals surface area contributed by atoms with Crippen molar-refractivity contribution in [2.75, 3.05) is 0 Å². The van der Waals surface area contributed by atoms with Crippen LogP contribution >= 0.6 is 15.9 Å². The minimum absolute atomic E-state index is 0.383. The normalized spacial score (nSPS) is 11.4. The van der Waals surface area contributed by atoms with Crippen LogP contribution in [-0.2, 0) is 4.79 Å². The minimum atomic E-state index is -0.879. The second-order valence-corrected chi connectivity index (χ2v) is 3.56. The summed E-state index contributed by atoms with van der Waals surface area (Å²) in [5.41, 5.74) is 1.18. The summed E-state index contributed by atoms with van der Waals surface area (Å²) in [4.78, 5) is 14.7. The highest BCUT2D eigenvalue weighted by Crippen LogP contribution is 2.11. The summed E-state index contributed by atoms with van der Waals surface area (Å²) in [5, 5.41) is 8.79. The average Bonchev–Trinajstić information content (AvgIpc) is 2.16. The second kappa shape index (κ2) is 4.91. The van der Waals surface area contributed by atoms with Gasteiger partial charge in [0.2, 0.25) is 0 Å². The number of pyridine rings is 1. The van der Waals surface area contributed by atoms with Crippen molar-refractivity contribution in [3.8, 4) is 0 Å². The molecule has 0 amide bonds. The van der Waals surface area contributed by atoms with Crippen molar-refractivity contribution in [2.45, 2.75) is 13.3 Å². The monoisotopic (exact) mass is 255 g/mol. The van der Waals surface area contributed by atoms with Crippen LogP contribution in [0.15, 0.2) is 28.5 Å². The first-order valence-electron chi connectivity index (χ1n) is 4.19. The molecule has 0 unspecified atom stereocenters. The summed E-state index contributed by atoms with van der Waals surface area (Å²) < 4.78 is 0.739. The topological polar surface area (TPSA) is 50.2 Å². The number of aromatic nitrogens is 1. The lowest BCUT2D eigenvalue weighted by Crippen LogP contribution is -1.98. The van der Waals surface area contributed by atoms with E-state index in [0.717, 1.165) is 10.2 Å². The Bertz CT molecular complexity index is 357. The fourth-order valence-electron chi connectivity index (χ4n) is 0.989. The van der Waals surface area contributed by atoms with Crippen LogP contribution in [0.1, 0.15) is 18.9 Å². The first-order valence-corrected chi connectivity index (χ1v) is 4.98. The lowest BCUT2D eigenvalue weighted by Gasteiger charge is -1.98. The summed E-state index contributed by atoms with van der Waals surface area (Å²) in [6.07, 6.45) is 3.76. The smallest absolute Gasteiger partial charge is 0.331 e. The van der Waals surface area contributed by atoms with E-state index in [-0.39, 0.29) is 0 Å². The van der Waals surface area contributed by atoms with Gasteiger partial charge in [0.05, 0.1) is 0 Å². The Morgan fingerprint density at radius 2 is 2.36 bits per heavy atom. The number of carbonyl (C=O) groups is 1. The van der Waals surface area contributed by atoms with Crippen LogP contribution in [0.3, 0.4) is 0 Å². The maximum absolute atomic E-state index is 10.7. The molecule has 0 spiro atoms. The van der Waals surface area contributed by atoms with Crippen LogP contribution in [0, 0.1) is 0 Å². The van der Waals surface area contributed by atoms with E-state index in [1.165, 1.54) is 0 Å². The molecule has 0 saturated carbocycles. The average molecular weight is 256 g/mol. The lowest BCUT2D eigenvalue weighted by molar-refractivity contribution is -0.132. The van der Waals surface area contributed by atoms with Gasteiger partial charge in [0.1, 0.15) is 4.60 Å². The number of carboxylic acids is 1. The molecule has 74 valence electrons. The molecule has 0 fully saturated rings. The molecule has 1 aromatic rings. The van der Waals surface area contributed by atoms with Gasteiger partial charge in [0.25, 0.3) is 0 Å². The number of hydrogen-bond acceptors (Lipinski definition) is 2. The molecule has 0 aromatic carbocycles. The molecular formula is C10H10BrNO2. The van der Waals surface area contributed by atoms with E-state index >= 15 is 0 Å². The van der Waals surface area contributed by atoms with Gasteiger partial charge in [0.15, 0.2) is 0 Å². The van der Waals surface area contributed by atoms with Gasteiger partial charge in [0, 0.05) is 11.8 Å². The van der Waals surface area contributed by atoms with Crippen molar-refractivity contribution < 1.29 is 9.90 Å². The zero-order valence-corrected chi connectivity index (χ0v) is 9.28. The largest absolute Gasteiger partial charge is 0.478 e. The van der Waals surface area contributed by atoms with Crippen LogP contribution in [0.2, 0.25) is 0 Å². The van der Waals surface area contributed by atoms with E-state index in [1.807, 2.05) is 13.0 Å². The maximum atomic E-state index is 10.7. The Balaban J connectivity index is 2.95. The molecule has 0 bridgehead atoms. The predicted molar refractivity (Wildman–Crippen MR) is 57.8 cm³/mol. The molecule has 1 aromatic heterocycles. The highest BCUT2D eigenvalue weighted by Gasteiger charge is 2.03. The van der Waals surface area contributed by atoms with Crippen molar-refractivity contribution in [2.24, 2.45) is 0 Å². The molecule has 0 atom stereocenters. The van der Waals surface area contributed by atoms with Crippen molar-refractivity contribution in [1.82, 2.24) is 4.98 Å². The first kappa shape index (κ1) is 10.9. The van der Waals surface area contributed by atoms with Crippen molar-refractivity contribution in [1.29, 1.82) is 0 Å². The molecule has 14 heavy (non-hydrogen) atoms. The van der Waals surface area contributed by atoms with Crippen LogP contribution in [0.5, 0.6) is 0 Å². The quantitative estimate of drug-likeness (QED) is 0.668. The number of aliphatic carboxylic acids is 1. The van der Waals surface area contributed by atoms with Crippen molar-refractivity contribution in [3.63, 3.8) is 0 Å². The fraction of sp³-hybridized carbons (Fsp3) is 0.200. The summed E-state index contributed by atoms with van der Waals surface area (Å²) >= 11 is 3.21. The van der Waals surface area contributed by atoms with Gasteiger partial charge in [-0.15, -0.1) is 0 Å². The SMILES string of the molecule is CCC(=Cc1ccc(Br)nc1)C(=O)O. The molecule has 1 N–H and O–H groups in total. The molecule has 0 aliphatic rings. The molecule has 0 radical (unpaired) electrons. The van der Waals surface area contributed by atoms with Crippen LogP contribution in [-0.4, -0.2) is 16.1 Å². The van der Waals surface area contributed by atoms with Gasteiger partial charge in [-0.2, -0.15) is 0 Å². The predicted octanol–water partition coefficient (Wildman–Crippen LogP) is 2.72. The van der Waals surface area contributed by atoms with Gasteiger partial charge in [-0.1, -0.05) is 13.0 Å². The molecule has 0 saturated heterocycles. The van der Waals surface area contributed by atoms with E-state index in [0.29, 0.717) is 12.0 Å². The van der Waals surface area contributed by atoms with Gasteiger partial charge in [-0.25, -0.2) is 9.78 Å². The Hall–Kier alpha value is -1.16. The Morgan fingerprint density at radius 1 is 1.64 bits per heavy atom. The molecule has 1 heterocycles. The Morgan fingerprint density at radius 3 is 2.79 bits per heavy atom. The Labute approximate surface area is 90.6 Å². The highest BCUT2D eigenvalue weighted by atomic mass is 79.9. The third kappa shape index (κ3) is 2.96. The van der Waals surface area contributed by atoms with E-state index in [4.69, 9.17) is 5.11 Å². The van der Waals surface area contributed by atoms with Gasteiger partial charge in [-0.3, -0.25) is 0 Å². The van der Waals surface area contributed by atoms with Crippen molar-refractivity contribution in [3.05, 3.63) is 34.1 Å². The van der Waals surface area contributed by atoms with Gasteiger partial charge in [-0.05, 0) is 40.1 Å². The first-order chi connectivity index (χ1) is 6.63.